The number of hydrogen-bond donors (Lipinski definition) is 0. The summed E-state index contributed by atoms with van der Waals surface area (Å²) in [5.41, 5.74) is 2.82. The van der Waals surface area contributed by atoms with Crippen LogP contribution in [-0.2, 0) is 12.8 Å². The first-order chi connectivity index (χ1) is 15.8. The molecular formula is C26H26FN3OS. The maximum absolute atomic E-state index is 14.3. The van der Waals surface area contributed by atoms with Crippen LogP contribution in [0.3, 0.4) is 0 Å². The van der Waals surface area contributed by atoms with E-state index in [4.69, 9.17) is 4.74 Å². The third-order valence-electron chi connectivity index (χ3n) is 5.27. The van der Waals surface area contributed by atoms with Gasteiger partial charge in [-0.15, -0.1) is 10.2 Å². The van der Waals surface area contributed by atoms with Crippen molar-refractivity contribution < 1.29 is 9.13 Å². The predicted molar refractivity (Wildman–Crippen MR) is 127 cm³/mol. The van der Waals surface area contributed by atoms with Gasteiger partial charge in [0.2, 0.25) is 0 Å². The average Bonchev–Trinajstić information content (AvgIpc) is 3.23. The van der Waals surface area contributed by atoms with E-state index >= 15 is 0 Å². The molecule has 0 aliphatic heterocycles. The Balaban J connectivity index is 1.52. The number of rotatable bonds is 10. The van der Waals surface area contributed by atoms with Gasteiger partial charge in [0, 0.05) is 12.2 Å². The summed E-state index contributed by atoms with van der Waals surface area (Å²) in [4.78, 5) is 0. The van der Waals surface area contributed by atoms with E-state index in [-0.39, 0.29) is 5.82 Å². The van der Waals surface area contributed by atoms with E-state index in [1.807, 2.05) is 41.0 Å². The quantitative estimate of drug-likeness (QED) is 0.217. The normalized spacial score (nSPS) is 10.9. The number of ether oxygens (including phenoxy) is 1. The number of benzene rings is 3. The van der Waals surface area contributed by atoms with Gasteiger partial charge in [-0.05, 0) is 48.6 Å². The molecule has 4 nitrogen and oxygen atoms in total. The molecule has 0 aliphatic carbocycles. The molecule has 0 aliphatic rings. The molecule has 164 valence electrons. The Morgan fingerprint density at radius 1 is 0.875 bits per heavy atom. The standard InChI is InChI=1S/C26H26FN3OS/c1-31-24-17-8-7-16-23(24)30-25(19-21-14-5-6-15-22(21)27)28-29-26(30)32-18-10-9-13-20-11-3-2-4-12-20/h2-8,11-12,14-17H,9-10,13,18-19H2,1H3. The zero-order valence-corrected chi connectivity index (χ0v) is 18.9. The van der Waals surface area contributed by atoms with Crippen molar-refractivity contribution in [2.75, 3.05) is 12.9 Å². The first-order valence-corrected chi connectivity index (χ1v) is 11.7. The van der Waals surface area contributed by atoms with Crippen molar-refractivity contribution in [2.45, 2.75) is 30.8 Å². The fraction of sp³-hybridized carbons (Fsp3) is 0.231. The Bertz CT molecular complexity index is 1150. The highest BCUT2D eigenvalue weighted by Crippen LogP contribution is 2.30. The summed E-state index contributed by atoms with van der Waals surface area (Å²) in [6, 6.07) is 25.1. The second kappa shape index (κ2) is 11.0. The molecule has 0 spiro atoms. The summed E-state index contributed by atoms with van der Waals surface area (Å²) in [6.07, 6.45) is 3.61. The minimum absolute atomic E-state index is 0.239. The van der Waals surface area contributed by atoms with E-state index in [0.29, 0.717) is 17.8 Å². The van der Waals surface area contributed by atoms with Gasteiger partial charge in [-0.2, -0.15) is 0 Å². The number of aromatic nitrogens is 3. The molecule has 6 heteroatoms. The lowest BCUT2D eigenvalue weighted by Crippen LogP contribution is -2.06. The van der Waals surface area contributed by atoms with Crippen LogP contribution in [-0.4, -0.2) is 27.6 Å². The van der Waals surface area contributed by atoms with E-state index in [1.165, 1.54) is 11.6 Å². The summed E-state index contributed by atoms with van der Waals surface area (Å²) < 4.78 is 21.9. The number of nitrogens with zero attached hydrogens (tertiary/aromatic N) is 3. The van der Waals surface area contributed by atoms with Crippen LogP contribution in [0.4, 0.5) is 4.39 Å². The Labute approximate surface area is 192 Å². The molecule has 32 heavy (non-hydrogen) atoms. The number of unbranched alkanes of at least 4 members (excludes halogenated alkanes) is 1. The van der Waals surface area contributed by atoms with Crippen molar-refractivity contribution in [1.29, 1.82) is 0 Å². The number of hydrogen-bond acceptors (Lipinski definition) is 4. The summed E-state index contributed by atoms with van der Waals surface area (Å²) in [7, 11) is 1.65. The number of halogens is 1. The van der Waals surface area contributed by atoms with Crippen LogP contribution in [0.2, 0.25) is 0 Å². The van der Waals surface area contributed by atoms with Gasteiger partial charge in [0.25, 0.3) is 0 Å². The van der Waals surface area contributed by atoms with Crippen molar-refractivity contribution >= 4 is 11.8 Å². The van der Waals surface area contributed by atoms with Crippen LogP contribution in [0.25, 0.3) is 5.69 Å². The molecule has 4 aromatic rings. The number of thioether (sulfide) groups is 1. The Kier molecular flexibility index (Phi) is 7.56. The minimum atomic E-state index is -0.239. The highest BCUT2D eigenvalue weighted by molar-refractivity contribution is 7.99. The van der Waals surface area contributed by atoms with Crippen molar-refractivity contribution in [3.63, 3.8) is 0 Å². The molecule has 0 fully saturated rings. The molecule has 0 unspecified atom stereocenters. The van der Waals surface area contributed by atoms with E-state index in [2.05, 4.69) is 34.5 Å². The van der Waals surface area contributed by atoms with E-state index in [1.54, 1.807) is 31.0 Å². The van der Waals surface area contributed by atoms with Crippen LogP contribution in [0.15, 0.2) is 84.0 Å². The van der Waals surface area contributed by atoms with Crippen LogP contribution in [0.5, 0.6) is 5.75 Å². The maximum Gasteiger partial charge on any atom is 0.195 e. The maximum atomic E-state index is 14.3. The zero-order valence-electron chi connectivity index (χ0n) is 18.1. The molecule has 0 atom stereocenters. The first kappa shape index (κ1) is 22.1. The second-order valence-corrected chi connectivity index (χ2v) is 8.53. The smallest absolute Gasteiger partial charge is 0.195 e. The molecule has 0 bridgehead atoms. The lowest BCUT2D eigenvalue weighted by molar-refractivity contribution is 0.411. The molecule has 1 aromatic heterocycles. The molecule has 0 radical (unpaired) electrons. The Morgan fingerprint density at radius 3 is 2.44 bits per heavy atom. The highest BCUT2D eigenvalue weighted by atomic mass is 32.2. The largest absolute Gasteiger partial charge is 0.495 e. The van der Waals surface area contributed by atoms with E-state index < -0.39 is 0 Å². The lowest BCUT2D eigenvalue weighted by Gasteiger charge is -2.14. The van der Waals surface area contributed by atoms with Crippen LogP contribution in [0.1, 0.15) is 29.8 Å². The van der Waals surface area contributed by atoms with Gasteiger partial charge >= 0.3 is 0 Å². The Hall–Kier alpha value is -3.12. The van der Waals surface area contributed by atoms with Crippen molar-refractivity contribution in [3.05, 3.63) is 102 Å². The van der Waals surface area contributed by atoms with Crippen LogP contribution >= 0.6 is 11.8 Å². The third kappa shape index (κ3) is 5.37. The summed E-state index contributed by atoms with van der Waals surface area (Å²) in [5, 5.41) is 9.66. The lowest BCUT2D eigenvalue weighted by atomic mass is 10.1. The Morgan fingerprint density at radius 2 is 1.62 bits per heavy atom. The molecule has 0 amide bonds. The SMILES string of the molecule is COc1ccccc1-n1c(Cc2ccccc2F)nnc1SCCCCc1ccccc1. The molecule has 0 saturated heterocycles. The summed E-state index contributed by atoms with van der Waals surface area (Å²) >= 11 is 1.67. The fourth-order valence-corrected chi connectivity index (χ4v) is 4.58. The molecule has 0 N–H and O–H groups in total. The van der Waals surface area contributed by atoms with Gasteiger partial charge in [-0.25, -0.2) is 4.39 Å². The van der Waals surface area contributed by atoms with Gasteiger partial charge < -0.3 is 4.74 Å². The predicted octanol–water partition coefficient (Wildman–Crippen LogP) is 6.12. The van der Waals surface area contributed by atoms with Gasteiger partial charge in [0.05, 0.1) is 12.8 Å². The highest BCUT2D eigenvalue weighted by Gasteiger charge is 2.18. The minimum Gasteiger partial charge on any atom is -0.495 e. The third-order valence-corrected chi connectivity index (χ3v) is 6.28. The monoisotopic (exact) mass is 447 g/mol. The molecule has 3 aromatic carbocycles. The van der Waals surface area contributed by atoms with Gasteiger partial charge in [0.1, 0.15) is 17.4 Å². The van der Waals surface area contributed by atoms with E-state index in [9.17, 15) is 4.39 Å². The summed E-state index contributed by atoms with van der Waals surface area (Å²) in [6.45, 7) is 0. The van der Waals surface area contributed by atoms with Gasteiger partial charge in [0.15, 0.2) is 5.16 Å². The average molecular weight is 448 g/mol. The number of para-hydroxylation sites is 2. The fourth-order valence-electron chi connectivity index (χ4n) is 3.62. The topological polar surface area (TPSA) is 39.9 Å². The molecule has 4 rings (SSSR count). The van der Waals surface area contributed by atoms with E-state index in [0.717, 1.165) is 41.6 Å². The number of methoxy groups -OCH3 is 1. The molecular weight excluding hydrogens is 421 g/mol. The number of aryl methyl sites for hydroxylation is 1. The van der Waals surface area contributed by atoms with Crippen LogP contribution < -0.4 is 4.74 Å². The summed E-state index contributed by atoms with van der Waals surface area (Å²) in [5.74, 6) is 2.11. The zero-order chi connectivity index (χ0) is 22.2. The van der Waals surface area contributed by atoms with Gasteiger partial charge in [-0.3, -0.25) is 4.57 Å². The molecule has 1 heterocycles. The van der Waals surface area contributed by atoms with Crippen molar-refractivity contribution in [2.24, 2.45) is 0 Å². The van der Waals surface area contributed by atoms with Crippen LogP contribution in [0, 0.1) is 5.82 Å². The second-order valence-electron chi connectivity index (χ2n) is 7.47. The van der Waals surface area contributed by atoms with Crippen molar-refractivity contribution in [1.82, 2.24) is 14.8 Å². The molecule has 0 saturated carbocycles. The first-order valence-electron chi connectivity index (χ1n) is 10.7. The van der Waals surface area contributed by atoms with Gasteiger partial charge in [-0.1, -0.05) is 72.4 Å². The van der Waals surface area contributed by atoms with Crippen molar-refractivity contribution in [3.8, 4) is 11.4 Å².